The number of hydrogen-bond donors (Lipinski definition) is 1. The minimum absolute atomic E-state index is 0.132. The van der Waals surface area contributed by atoms with Gasteiger partial charge in [-0.05, 0) is 32.1 Å². The molecule has 0 aromatic rings. The van der Waals surface area contributed by atoms with Gasteiger partial charge in [0, 0.05) is 13.6 Å². The maximum Gasteiger partial charge on any atom is 0.243 e. The molecule has 1 aliphatic rings. The Labute approximate surface area is 115 Å². The second kappa shape index (κ2) is 6.55. The van der Waals surface area contributed by atoms with Crippen molar-refractivity contribution in [3.63, 3.8) is 0 Å². The summed E-state index contributed by atoms with van der Waals surface area (Å²) in [6, 6.07) is 1.75. The van der Waals surface area contributed by atoms with Gasteiger partial charge in [0.1, 0.15) is 11.5 Å². The molecule has 5 nitrogen and oxygen atoms in total. The van der Waals surface area contributed by atoms with Crippen LogP contribution in [0.25, 0.3) is 0 Å². The number of carbonyl (C=O) groups is 2. The molecular weight excluding hydrogens is 242 g/mol. The van der Waals surface area contributed by atoms with Crippen molar-refractivity contribution < 1.29 is 9.59 Å². The van der Waals surface area contributed by atoms with Gasteiger partial charge in [0.25, 0.3) is 0 Å². The molecule has 1 N–H and O–H groups in total. The van der Waals surface area contributed by atoms with Crippen LogP contribution in [-0.2, 0) is 9.59 Å². The summed E-state index contributed by atoms with van der Waals surface area (Å²) in [6.07, 6.45) is 3.49. The lowest BCUT2D eigenvalue weighted by Gasteiger charge is -2.38. The van der Waals surface area contributed by atoms with Crippen LogP contribution in [0.3, 0.4) is 0 Å². The number of likely N-dealkylation sites (N-methyl/N-ethyl adjacent to an activating group) is 1. The van der Waals surface area contributed by atoms with Gasteiger partial charge in [-0.3, -0.25) is 9.59 Å². The monoisotopic (exact) mass is 265 g/mol. The number of nitriles is 1. The number of nitrogens with one attached hydrogen (secondary N) is 1. The lowest BCUT2D eigenvalue weighted by atomic mass is 9.81. The maximum atomic E-state index is 12.7. The van der Waals surface area contributed by atoms with E-state index in [9.17, 15) is 14.9 Å². The fourth-order valence-electron chi connectivity index (χ4n) is 2.65. The van der Waals surface area contributed by atoms with E-state index in [1.165, 1.54) is 0 Å². The summed E-state index contributed by atoms with van der Waals surface area (Å²) in [5.41, 5.74) is -0.983. The highest BCUT2D eigenvalue weighted by Crippen LogP contribution is 2.31. The van der Waals surface area contributed by atoms with Gasteiger partial charge in [0.15, 0.2) is 0 Å². The van der Waals surface area contributed by atoms with Crippen LogP contribution in [0.2, 0.25) is 0 Å². The number of hydrogen-bond acceptors (Lipinski definition) is 3. The fourth-order valence-corrected chi connectivity index (χ4v) is 2.65. The van der Waals surface area contributed by atoms with Crippen LogP contribution in [0.1, 0.15) is 46.0 Å². The van der Waals surface area contributed by atoms with Crippen molar-refractivity contribution in [3.8, 4) is 6.07 Å². The molecule has 1 unspecified atom stereocenters. The summed E-state index contributed by atoms with van der Waals surface area (Å²) in [4.78, 5) is 26.2. The highest BCUT2D eigenvalue weighted by Gasteiger charge is 2.42. The molecule has 0 radical (unpaired) electrons. The van der Waals surface area contributed by atoms with Crippen molar-refractivity contribution in [1.82, 2.24) is 10.2 Å². The zero-order valence-electron chi connectivity index (χ0n) is 12.0. The summed E-state index contributed by atoms with van der Waals surface area (Å²) in [5.74, 6) is -0.319. The summed E-state index contributed by atoms with van der Waals surface area (Å²) >= 11 is 0. The van der Waals surface area contributed by atoms with Gasteiger partial charge >= 0.3 is 0 Å². The van der Waals surface area contributed by atoms with Crippen molar-refractivity contribution in [3.05, 3.63) is 0 Å². The first-order valence-corrected chi connectivity index (χ1v) is 7.00. The third-order valence-corrected chi connectivity index (χ3v) is 4.14. The van der Waals surface area contributed by atoms with E-state index >= 15 is 0 Å². The molecule has 1 atom stereocenters. The molecule has 0 aromatic heterocycles. The number of piperidine rings is 1. The average Bonchev–Trinajstić information content (AvgIpc) is 2.48. The molecule has 0 spiro atoms. The quantitative estimate of drug-likeness (QED) is 0.836. The second-order valence-corrected chi connectivity index (χ2v) is 5.03. The Kier molecular flexibility index (Phi) is 5.34. The summed E-state index contributed by atoms with van der Waals surface area (Å²) < 4.78 is 0. The molecule has 1 saturated heterocycles. The van der Waals surface area contributed by atoms with Gasteiger partial charge in [-0.2, -0.15) is 5.26 Å². The Bertz CT molecular complexity index is 383. The first-order valence-electron chi connectivity index (χ1n) is 7.00. The second-order valence-electron chi connectivity index (χ2n) is 5.03. The Morgan fingerprint density at radius 3 is 2.47 bits per heavy atom. The van der Waals surface area contributed by atoms with Gasteiger partial charge in [0.05, 0.1) is 6.07 Å². The number of nitrogens with zero attached hydrogens (tertiary/aromatic N) is 2. The lowest BCUT2D eigenvalue weighted by molar-refractivity contribution is -0.148. The Hall–Kier alpha value is -1.57. The third-order valence-electron chi connectivity index (χ3n) is 4.14. The van der Waals surface area contributed by atoms with Crippen LogP contribution in [-0.4, -0.2) is 36.3 Å². The van der Waals surface area contributed by atoms with E-state index < -0.39 is 11.5 Å². The Morgan fingerprint density at radius 2 is 2.00 bits per heavy atom. The van der Waals surface area contributed by atoms with Gasteiger partial charge in [-0.15, -0.1) is 0 Å². The summed E-state index contributed by atoms with van der Waals surface area (Å²) in [6.45, 7) is 4.27. The van der Waals surface area contributed by atoms with Gasteiger partial charge in [-0.1, -0.05) is 13.8 Å². The summed E-state index contributed by atoms with van der Waals surface area (Å²) in [5, 5.41) is 12.0. The predicted molar refractivity (Wildman–Crippen MR) is 72.0 cm³/mol. The number of rotatable bonds is 4. The van der Waals surface area contributed by atoms with E-state index in [1.807, 2.05) is 13.8 Å². The van der Waals surface area contributed by atoms with Crippen LogP contribution in [0.15, 0.2) is 0 Å². The zero-order valence-corrected chi connectivity index (χ0v) is 12.0. The third kappa shape index (κ3) is 2.89. The molecular formula is C14H23N3O2. The van der Waals surface area contributed by atoms with Gasteiger partial charge < -0.3 is 10.2 Å². The molecule has 0 aromatic carbocycles. The number of likely N-dealkylation sites (tertiary alicyclic amines) is 1. The van der Waals surface area contributed by atoms with E-state index in [0.717, 1.165) is 12.8 Å². The zero-order chi connectivity index (χ0) is 14.5. The molecule has 1 heterocycles. The van der Waals surface area contributed by atoms with Gasteiger partial charge in [0.2, 0.25) is 11.8 Å². The largest absolute Gasteiger partial charge is 0.357 e. The molecule has 0 bridgehead atoms. The number of carbonyl (C=O) groups excluding carboxylic acids is 2. The Morgan fingerprint density at radius 1 is 1.37 bits per heavy atom. The summed E-state index contributed by atoms with van der Waals surface area (Å²) in [7, 11) is 1.58. The molecule has 0 saturated carbocycles. The number of amides is 2. The van der Waals surface area contributed by atoms with E-state index in [1.54, 1.807) is 11.9 Å². The normalized spacial score (nSPS) is 19.7. The van der Waals surface area contributed by atoms with E-state index in [2.05, 4.69) is 11.4 Å². The first kappa shape index (κ1) is 15.5. The van der Waals surface area contributed by atoms with E-state index in [-0.39, 0.29) is 11.8 Å². The van der Waals surface area contributed by atoms with Crippen LogP contribution in [0, 0.1) is 16.7 Å². The molecule has 1 aliphatic heterocycles. The molecule has 1 fully saturated rings. The topological polar surface area (TPSA) is 73.2 Å². The first-order chi connectivity index (χ1) is 9.06. The molecule has 2 amide bonds. The highest BCUT2D eigenvalue weighted by molar-refractivity contribution is 5.91. The molecule has 1 rings (SSSR count). The van der Waals surface area contributed by atoms with Crippen LogP contribution in [0.4, 0.5) is 0 Å². The fraction of sp³-hybridized carbons (Fsp3) is 0.786. The van der Waals surface area contributed by atoms with Crippen LogP contribution >= 0.6 is 0 Å². The van der Waals surface area contributed by atoms with Gasteiger partial charge in [-0.25, -0.2) is 0 Å². The Balaban J connectivity index is 3.00. The van der Waals surface area contributed by atoms with Crippen molar-refractivity contribution in [1.29, 1.82) is 5.26 Å². The van der Waals surface area contributed by atoms with Crippen molar-refractivity contribution in [2.75, 3.05) is 13.6 Å². The van der Waals surface area contributed by atoms with Crippen LogP contribution < -0.4 is 5.32 Å². The SMILES string of the molecule is CCC(C#N)(CC)C(=O)N1CCCCC1C(=O)NC. The molecule has 0 aliphatic carbocycles. The van der Waals surface area contributed by atoms with E-state index in [4.69, 9.17) is 0 Å². The molecule has 5 heteroatoms. The minimum atomic E-state index is -0.983. The molecule has 19 heavy (non-hydrogen) atoms. The van der Waals surface area contributed by atoms with Crippen molar-refractivity contribution >= 4 is 11.8 Å². The van der Waals surface area contributed by atoms with Crippen LogP contribution in [0.5, 0.6) is 0 Å². The molecule has 106 valence electrons. The predicted octanol–water partition coefficient (Wildman–Crippen LogP) is 1.44. The standard InChI is InChI=1S/C14H23N3O2/c1-4-14(5-2,10-15)13(19)17-9-7-6-8-11(17)12(18)16-3/h11H,4-9H2,1-3H3,(H,16,18). The lowest BCUT2D eigenvalue weighted by Crippen LogP contribution is -2.55. The van der Waals surface area contributed by atoms with Crippen molar-refractivity contribution in [2.24, 2.45) is 5.41 Å². The smallest absolute Gasteiger partial charge is 0.243 e. The minimum Gasteiger partial charge on any atom is -0.357 e. The average molecular weight is 265 g/mol. The van der Waals surface area contributed by atoms with E-state index in [0.29, 0.717) is 25.8 Å². The van der Waals surface area contributed by atoms with Crippen molar-refractivity contribution in [2.45, 2.75) is 52.0 Å². The maximum absolute atomic E-state index is 12.7. The highest BCUT2D eigenvalue weighted by atomic mass is 16.2.